The number of halogens is 6. The Morgan fingerprint density at radius 3 is 2.14 bits per heavy atom. The normalized spacial score (nSPS) is 11.5. The maximum atomic E-state index is 12.8. The smallest absolute Gasteiger partial charge is 0.406 e. The number of ether oxygens (including phenoxy) is 1. The van der Waals surface area contributed by atoms with Crippen LogP contribution >= 0.6 is 12.4 Å². The molecule has 22 heavy (non-hydrogen) atoms. The number of nitrogens with one attached hydrogen (secondary N) is 1. The van der Waals surface area contributed by atoms with Gasteiger partial charge in [-0.05, 0) is 17.7 Å². The average molecular weight is 349 g/mol. The van der Waals surface area contributed by atoms with Crippen LogP contribution in [0, 0.1) is 0 Å². The molecule has 0 aliphatic rings. The monoisotopic (exact) mass is 348 g/mol. The van der Waals surface area contributed by atoms with E-state index in [2.05, 4.69) is 4.74 Å². The highest BCUT2D eigenvalue weighted by molar-refractivity contribution is 5.85. The summed E-state index contributed by atoms with van der Waals surface area (Å²) in [5.41, 5.74) is 5.16. The van der Waals surface area contributed by atoms with Gasteiger partial charge in [0.2, 0.25) is 5.91 Å². The van der Waals surface area contributed by atoms with Gasteiger partial charge in [-0.2, -0.15) is 0 Å². The van der Waals surface area contributed by atoms with Crippen molar-refractivity contribution in [2.24, 2.45) is 5.73 Å². The molecule has 0 radical (unpaired) electrons. The predicted octanol–water partition coefficient (Wildman–Crippen LogP) is 2.26. The summed E-state index contributed by atoms with van der Waals surface area (Å²) < 4.78 is 65.0. The van der Waals surface area contributed by atoms with Gasteiger partial charge in [-0.15, -0.1) is 25.6 Å². The first-order chi connectivity index (χ1) is 9.61. The predicted molar refractivity (Wildman–Crippen MR) is 71.1 cm³/mol. The topological polar surface area (TPSA) is 64.3 Å². The summed E-state index contributed by atoms with van der Waals surface area (Å²) in [5, 5.41) is 2.00. The first-order valence-electron chi connectivity index (χ1n) is 5.80. The van der Waals surface area contributed by atoms with E-state index in [1.165, 1.54) is 12.1 Å². The van der Waals surface area contributed by atoms with Gasteiger partial charge in [0.1, 0.15) is 5.75 Å². The summed E-state index contributed by atoms with van der Waals surface area (Å²) >= 11 is 0. The third kappa shape index (κ3) is 7.99. The largest absolute Gasteiger partial charge is 0.573 e. The molecule has 10 heteroatoms. The molecule has 0 aromatic heterocycles. The molecule has 0 saturated carbocycles. The first-order valence-corrected chi connectivity index (χ1v) is 5.80. The van der Waals surface area contributed by atoms with Crippen molar-refractivity contribution in [3.63, 3.8) is 0 Å². The highest BCUT2D eigenvalue weighted by atomic mass is 35.5. The van der Waals surface area contributed by atoms with Crippen molar-refractivity contribution >= 4 is 18.3 Å². The van der Waals surface area contributed by atoms with Crippen LogP contribution in [-0.4, -0.2) is 31.3 Å². The second-order valence-corrected chi connectivity index (χ2v) is 4.21. The van der Waals surface area contributed by atoms with Crippen molar-refractivity contribution in [1.82, 2.24) is 5.32 Å². The molecule has 1 aromatic carbocycles. The number of hydrogen-bond donors (Lipinski definition) is 2. The number of carbonyl (C=O) groups excluding carboxylic acids is 1. The van der Waals surface area contributed by atoms with Crippen LogP contribution in [0.3, 0.4) is 0 Å². The Labute approximate surface area is 129 Å². The van der Waals surface area contributed by atoms with Gasteiger partial charge in [0.05, 0.1) is 19.5 Å². The van der Waals surface area contributed by atoms with Gasteiger partial charge >= 0.3 is 6.36 Å². The van der Waals surface area contributed by atoms with Crippen LogP contribution in [0.5, 0.6) is 5.75 Å². The van der Waals surface area contributed by atoms with Crippen LogP contribution in [-0.2, 0) is 11.2 Å². The third-order valence-electron chi connectivity index (χ3n) is 2.36. The molecule has 1 aromatic rings. The number of rotatable bonds is 6. The fourth-order valence-electron chi connectivity index (χ4n) is 1.36. The molecule has 0 spiro atoms. The van der Waals surface area contributed by atoms with Crippen LogP contribution in [0.4, 0.5) is 22.0 Å². The van der Waals surface area contributed by atoms with Gasteiger partial charge in [-0.25, -0.2) is 8.78 Å². The van der Waals surface area contributed by atoms with Crippen LogP contribution < -0.4 is 15.8 Å². The second kappa shape index (κ2) is 8.14. The molecule has 0 atom stereocenters. The summed E-state index contributed by atoms with van der Waals surface area (Å²) in [6.45, 7) is -1.78. The first kappa shape index (κ1) is 20.4. The minimum atomic E-state index is -4.80. The summed E-state index contributed by atoms with van der Waals surface area (Å²) in [7, 11) is 0. The van der Waals surface area contributed by atoms with Gasteiger partial charge in [-0.1, -0.05) is 12.1 Å². The summed E-state index contributed by atoms with van der Waals surface area (Å²) in [5.74, 6) is -4.31. The maximum Gasteiger partial charge on any atom is 0.573 e. The van der Waals surface area contributed by atoms with E-state index >= 15 is 0 Å². The van der Waals surface area contributed by atoms with Crippen LogP contribution in [0.2, 0.25) is 0 Å². The highest BCUT2D eigenvalue weighted by Crippen LogP contribution is 2.22. The van der Waals surface area contributed by atoms with Gasteiger partial charge < -0.3 is 15.8 Å². The van der Waals surface area contributed by atoms with E-state index in [9.17, 15) is 26.7 Å². The van der Waals surface area contributed by atoms with Crippen LogP contribution in [0.15, 0.2) is 24.3 Å². The lowest BCUT2D eigenvalue weighted by molar-refractivity contribution is -0.274. The Morgan fingerprint density at radius 1 is 1.14 bits per heavy atom. The third-order valence-corrected chi connectivity index (χ3v) is 2.36. The molecule has 4 nitrogen and oxygen atoms in total. The number of carbonyl (C=O) groups is 1. The zero-order valence-electron chi connectivity index (χ0n) is 11.1. The van der Waals surface area contributed by atoms with Crippen molar-refractivity contribution < 1.29 is 31.5 Å². The lowest BCUT2D eigenvalue weighted by Crippen LogP contribution is -2.42. The lowest BCUT2D eigenvalue weighted by Gasteiger charge is -2.14. The molecular formula is C12H14ClF5N2O2. The molecule has 126 valence electrons. The second-order valence-electron chi connectivity index (χ2n) is 4.21. The average Bonchev–Trinajstić information content (AvgIpc) is 2.37. The zero-order chi connectivity index (χ0) is 16.1. The van der Waals surface area contributed by atoms with E-state index in [-0.39, 0.29) is 18.8 Å². The van der Waals surface area contributed by atoms with Crippen molar-refractivity contribution in [3.05, 3.63) is 29.8 Å². The van der Waals surface area contributed by atoms with Crippen LogP contribution in [0.25, 0.3) is 0 Å². The fourth-order valence-corrected chi connectivity index (χ4v) is 1.36. The summed E-state index contributed by atoms with van der Waals surface area (Å²) in [4.78, 5) is 11.4. The number of amides is 1. The Kier molecular flexibility index (Phi) is 7.54. The maximum absolute atomic E-state index is 12.8. The summed E-state index contributed by atoms with van der Waals surface area (Å²) in [6, 6.07) is 4.54. The standard InChI is InChI=1S/C12H13F5N2O2.ClH/c13-11(14,6-18)7-19-10(20)5-8-1-3-9(4-2-8)21-12(15,16)17;/h1-4H,5-7,18H2,(H,19,20);1H. The fraction of sp³-hybridized carbons (Fsp3) is 0.417. The molecular weight excluding hydrogens is 335 g/mol. The van der Waals surface area contributed by atoms with E-state index in [1.54, 1.807) is 0 Å². The lowest BCUT2D eigenvalue weighted by atomic mass is 10.1. The minimum Gasteiger partial charge on any atom is -0.406 e. The molecule has 0 bridgehead atoms. The molecule has 0 heterocycles. The van der Waals surface area contributed by atoms with E-state index in [4.69, 9.17) is 5.73 Å². The van der Waals surface area contributed by atoms with Crippen molar-refractivity contribution in [2.75, 3.05) is 13.1 Å². The van der Waals surface area contributed by atoms with Gasteiger partial charge in [0.15, 0.2) is 0 Å². The van der Waals surface area contributed by atoms with Gasteiger partial charge in [0, 0.05) is 0 Å². The Hall–Kier alpha value is -1.61. The summed E-state index contributed by atoms with van der Waals surface area (Å²) in [6.07, 6.45) is -5.04. The van der Waals surface area contributed by atoms with Crippen molar-refractivity contribution in [2.45, 2.75) is 18.7 Å². The highest BCUT2D eigenvalue weighted by Gasteiger charge is 2.31. The number of hydrogen-bond acceptors (Lipinski definition) is 3. The number of nitrogens with two attached hydrogens (primary N) is 1. The molecule has 0 aliphatic carbocycles. The minimum absolute atomic E-state index is 0. The van der Waals surface area contributed by atoms with Crippen molar-refractivity contribution in [3.8, 4) is 5.75 Å². The van der Waals surface area contributed by atoms with E-state index < -0.39 is 37.0 Å². The molecule has 0 saturated heterocycles. The molecule has 0 aliphatic heterocycles. The molecule has 1 rings (SSSR count). The Morgan fingerprint density at radius 2 is 1.68 bits per heavy atom. The van der Waals surface area contributed by atoms with Crippen molar-refractivity contribution in [1.29, 1.82) is 0 Å². The van der Waals surface area contributed by atoms with Gasteiger partial charge in [-0.3, -0.25) is 4.79 Å². The number of benzene rings is 1. The molecule has 0 fully saturated rings. The Bertz CT molecular complexity index is 479. The number of alkyl halides is 5. The molecule has 0 unspecified atom stereocenters. The molecule has 3 N–H and O–H groups in total. The van der Waals surface area contributed by atoms with E-state index in [0.29, 0.717) is 5.56 Å². The molecule has 1 amide bonds. The van der Waals surface area contributed by atoms with Crippen LogP contribution in [0.1, 0.15) is 5.56 Å². The van der Waals surface area contributed by atoms with E-state index in [1.807, 2.05) is 5.32 Å². The van der Waals surface area contributed by atoms with Gasteiger partial charge in [0.25, 0.3) is 5.92 Å². The zero-order valence-corrected chi connectivity index (χ0v) is 11.9. The quantitative estimate of drug-likeness (QED) is 0.775. The van der Waals surface area contributed by atoms with E-state index in [0.717, 1.165) is 12.1 Å². The Balaban J connectivity index is 0.00000441. The SMILES string of the molecule is Cl.NCC(F)(F)CNC(=O)Cc1ccc(OC(F)(F)F)cc1.